The Kier molecular flexibility index (Phi) is 3.52. The molecule has 0 unspecified atom stereocenters. The number of phenols is 1. The highest BCUT2D eigenvalue weighted by Crippen LogP contribution is 2.38. The third kappa shape index (κ3) is 2.31. The molecule has 0 atom stereocenters. The zero-order chi connectivity index (χ0) is 12.7. The molecule has 4 nitrogen and oxygen atoms in total. The lowest BCUT2D eigenvalue weighted by Gasteiger charge is -2.14. The third-order valence-corrected chi connectivity index (χ3v) is 3.76. The fourth-order valence-corrected chi connectivity index (χ4v) is 2.61. The summed E-state index contributed by atoms with van der Waals surface area (Å²) < 4.78 is 31.3. The molecule has 0 aliphatic carbocycles. The van der Waals surface area contributed by atoms with Gasteiger partial charge in [-0.15, -0.1) is 0 Å². The summed E-state index contributed by atoms with van der Waals surface area (Å²) in [7, 11) is -4.48. The molecule has 0 fully saturated rings. The van der Waals surface area contributed by atoms with Gasteiger partial charge in [-0.3, -0.25) is 4.55 Å². The van der Waals surface area contributed by atoms with Crippen LogP contribution >= 0.6 is 11.6 Å². The van der Waals surface area contributed by atoms with Crippen molar-refractivity contribution in [3.05, 3.63) is 22.2 Å². The highest BCUT2D eigenvalue weighted by Gasteiger charge is 2.24. The maximum Gasteiger partial charge on any atom is 0.298 e. The third-order valence-electron chi connectivity index (χ3n) is 2.35. The molecule has 0 aliphatic rings. The quantitative estimate of drug-likeness (QED) is 0.806. The van der Waals surface area contributed by atoms with Gasteiger partial charge in [0.1, 0.15) is 10.6 Å². The first-order valence-corrected chi connectivity index (χ1v) is 6.47. The van der Waals surface area contributed by atoms with Gasteiger partial charge in [0.05, 0.1) is 0 Å². The van der Waals surface area contributed by atoms with Gasteiger partial charge in [0.25, 0.3) is 10.1 Å². The van der Waals surface area contributed by atoms with Crippen molar-refractivity contribution in [3.63, 3.8) is 0 Å². The zero-order valence-corrected chi connectivity index (χ0v) is 10.7. The summed E-state index contributed by atoms with van der Waals surface area (Å²) in [6.45, 7) is 5.00. The SMILES string of the molecule is Cc1c(Cl)cc(C(C)C)c(O)c1S(=O)(=O)O. The van der Waals surface area contributed by atoms with Gasteiger partial charge in [0, 0.05) is 5.02 Å². The van der Waals surface area contributed by atoms with Crippen molar-refractivity contribution in [2.45, 2.75) is 31.6 Å². The van der Waals surface area contributed by atoms with Gasteiger partial charge >= 0.3 is 0 Å². The van der Waals surface area contributed by atoms with E-state index in [0.717, 1.165) is 0 Å². The van der Waals surface area contributed by atoms with Crippen molar-refractivity contribution in [1.29, 1.82) is 0 Å². The highest BCUT2D eigenvalue weighted by atomic mass is 35.5. The van der Waals surface area contributed by atoms with Crippen LogP contribution in [0.5, 0.6) is 5.75 Å². The summed E-state index contributed by atoms with van der Waals surface area (Å²) in [4.78, 5) is -0.510. The van der Waals surface area contributed by atoms with E-state index in [4.69, 9.17) is 16.2 Å². The Morgan fingerprint density at radius 1 is 1.38 bits per heavy atom. The normalized spacial score (nSPS) is 12.1. The summed E-state index contributed by atoms with van der Waals surface area (Å²) in [5, 5.41) is 10.0. The summed E-state index contributed by atoms with van der Waals surface area (Å²) >= 11 is 5.85. The van der Waals surface area contributed by atoms with Crippen molar-refractivity contribution in [2.75, 3.05) is 0 Å². The van der Waals surface area contributed by atoms with Crippen molar-refractivity contribution < 1.29 is 18.1 Å². The minimum atomic E-state index is -4.48. The van der Waals surface area contributed by atoms with Gasteiger partial charge in [0.15, 0.2) is 0 Å². The average molecular weight is 265 g/mol. The van der Waals surface area contributed by atoms with Crippen molar-refractivity contribution in [2.24, 2.45) is 0 Å². The Bertz CT molecular complexity index is 520. The van der Waals surface area contributed by atoms with Gasteiger partial charge in [-0.2, -0.15) is 8.42 Å². The van der Waals surface area contributed by atoms with E-state index in [1.165, 1.54) is 13.0 Å². The molecule has 1 rings (SSSR count). The molecule has 2 N–H and O–H groups in total. The number of halogens is 1. The molecular weight excluding hydrogens is 252 g/mol. The molecule has 0 aliphatic heterocycles. The Hall–Kier alpha value is -0.780. The summed E-state index contributed by atoms with van der Waals surface area (Å²) in [6, 6.07) is 1.51. The Morgan fingerprint density at radius 2 is 1.88 bits per heavy atom. The largest absolute Gasteiger partial charge is 0.506 e. The molecule has 16 heavy (non-hydrogen) atoms. The minimum absolute atomic E-state index is 0.0985. The number of phenolic OH excluding ortho intramolecular Hbond substituents is 1. The second kappa shape index (κ2) is 4.24. The van der Waals surface area contributed by atoms with Crippen LogP contribution in [0.1, 0.15) is 30.9 Å². The van der Waals surface area contributed by atoms with Gasteiger partial charge in [-0.25, -0.2) is 0 Å². The van der Waals surface area contributed by atoms with Crippen LogP contribution in [-0.2, 0) is 10.1 Å². The zero-order valence-electron chi connectivity index (χ0n) is 9.15. The second-order valence-corrected chi connectivity index (χ2v) is 5.65. The Balaban J connectivity index is 3.73. The molecule has 90 valence electrons. The maximum absolute atomic E-state index is 11.1. The molecular formula is C10H13ClO4S. The molecule has 6 heteroatoms. The fourth-order valence-electron chi connectivity index (χ4n) is 1.49. The molecule has 0 amide bonds. The summed E-state index contributed by atoms with van der Waals surface area (Å²) in [6.07, 6.45) is 0. The number of hydrogen-bond acceptors (Lipinski definition) is 3. The van der Waals surface area contributed by atoms with Gasteiger partial charge in [0.2, 0.25) is 0 Å². The molecule has 1 aromatic rings. The highest BCUT2D eigenvalue weighted by molar-refractivity contribution is 7.86. The predicted molar refractivity (Wildman–Crippen MR) is 61.8 cm³/mol. The van der Waals surface area contributed by atoms with E-state index < -0.39 is 20.8 Å². The molecule has 0 saturated carbocycles. The van der Waals surface area contributed by atoms with E-state index in [-0.39, 0.29) is 16.5 Å². The van der Waals surface area contributed by atoms with Crippen molar-refractivity contribution >= 4 is 21.7 Å². The maximum atomic E-state index is 11.1. The topological polar surface area (TPSA) is 74.6 Å². The molecule has 0 spiro atoms. The molecule has 1 aromatic carbocycles. The fraction of sp³-hybridized carbons (Fsp3) is 0.400. The van der Waals surface area contributed by atoms with Crippen LogP contribution in [0.3, 0.4) is 0 Å². The van der Waals surface area contributed by atoms with Gasteiger partial charge < -0.3 is 5.11 Å². The summed E-state index contributed by atoms with van der Waals surface area (Å²) in [5.41, 5.74) is 0.536. The average Bonchev–Trinajstić information content (AvgIpc) is 2.08. The first-order chi connectivity index (χ1) is 7.16. The monoisotopic (exact) mass is 264 g/mol. The van der Waals surface area contributed by atoms with E-state index in [0.29, 0.717) is 5.56 Å². The smallest absolute Gasteiger partial charge is 0.298 e. The number of hydrogen-bond donors (Lipinski definition) is 2. The summed E-state index contributed by atoms with van der Waals surface area (Å²) in [5.74, 6) is -0.530. The predicted octanol–water partition coefficient (Wildman–Crippen LogP) is 2.72. The minimum Gasteiger partial charge on any atom is -0.506 e. The molecule has 0 aromatic heterocycles. The van der Waals surface area contributed by atoms with E-state index in [1.807, 2.05) is 0 Å². The lowest BCUT2D eigenvalue weighted by molar-refractivity contribution is 0.434. The van der Waals surface area contributed by atoms with Crippen LogP contribution in [0, 0.1) is 6.92 Å². The van der Waals surface area contributed by atoms with Crippen molar-refractivity contribution in [3.8, 4) is 5.75 Å². The van der Waals surface area contributed by atoms with E-state index >= 15 is 0 Å². The van der Waals surface area contributed by atoms with E-state index in [1.54, 1.807) is 13.8 Å². The molecule has 0 bridgehead atoms. The number of rotatable bonds is 2. The first-order valence-electron chi connectivity index (χ1n) is 4.65. The standard InChI is InChI=1S/C10H13ClO4S/c1-5(2)7-4-8(11)6(3)10(9(7)12)16(13,14)15/h4-5,12H,1-3H3,(H,13,14,15). The van der Waals surface area contributed by atoms with Crippen LogP contribution in [0.2, 0.25) is 5.02 Å². The van der Waals surface area contributed by atoms with E-state index in [2.05, 4.69) is 0 Å². The lowest BCUT2D eigenvalue weighted by Crippen LogP contribution is -2.04. The molecule has 0 heterocycles. The Labute approximate surface area is 99.6 Å². The van der Waals surface area contributed by atoms with Crippen LogP contribution in [0.4, 0.5) is 0 Å². The molecule has 0 radical (unpaired) electrons. The number of aromatic hydroxyl groups is 1. The van der Waals surface area contributed by atoms with Crippen LogP contribution < -0.4 is 0 Å². The van der Waals surface area contributed by atoms with Crippen LogP contribution in [0.25, 0.3) is 0 Å². The first kappa shape index (κ1) is 13.3. The van der Waals surface area contributed by atoms with Gasteiger partial charge in [-0.1, -0.05) is 25.4 Å². The van der Waals surface area contributed by atoms with Crippen LogP contribution in [0.15, 0.2) is 11.0 Å². The van der Waals surface area contributed by atoms with Crippen molar-refractivity contribution in [1.82, 2.24) is 0 Å². The Morgan fingerprint density at radius 3 is 2.25 bits per heavy atom. The van der Waals surface area contributed by atoms with E-state index in [9.17, 15) is 13.5 Å². The number of benzene rings is 1. The van der Waals surface area contributed by atoms with Gasteiger partial charge in [-0.05, 0) is 30.0 Å². The second-order valence-electron chi connectivity index (χ2n) is 3.88. The lowest BCUT2D eigenvalue weighted by atomic mass is 10.0. The van der Waals surface area contributed by atoms with Crippen LogP contribution in [-0.4, -0.2) is 18.1 Å². The molecule has 0 saturated heterocycles.